The predicted octanol–water partition coefficient (Wildman–Crippen LogP) is 3.02. The molecule has 1 fully saturated rings. The van der Waals surface area contributed by atoms with Crippen molar-refractivity contribution < 1.29 is 19.1 Å². The van der Waals surface area contributed by atoms with E-state index in [1.54, 1.807) is 6.08 Å². The summed E-state index contributed by atoms with van der Waals surface area (Å²) in [7, 11) is 2.46. The van der Waals surface area contributed by atoms with Crippen molar-refractivity contribution in [2.75, 3.05) is 14.2 Å². The van der Waals surface area contributed by atoms with Crippen molar-refractivity contribution in [3.63, 3.8) is 0 Å². The molecule has 0 atom stereocenters. The Bertz CT molecular complexity index is 496. The van der Waals surface area contributed by atoms with Gasteiger partial charge in [-0.2, -0.15) is 0 Å². The lowest BCUT2D eigenvalue weighted by molar-refractivity contribution is -0.168. The summed E-state index contributed by atoms with van der Waals surface area (Å²) in [4.78, 5) is 24.1. The number of carbonyl (C=O) groups is 2. The maximum absolute atomic E-state index is 12.1. The predicted molar refractivity (Wildman–Crippen MR) is 83.8 cm³/mol. The fourth-order valence-corrected chi connectivity index (χ4v) is 2.85. The zero-order chi connectivity index (χ0) is 16.6. The number of carbonyl (C=O) groups excluding carboxylic acids is 2. The number of terminal acetylenes is 1. The van der Waals surface area contributed by atoms with Gasteiger partial charge in [-0.15, -0.1) is 18.1 Å². The molecule has 0 aromatic carbocycles. The highest BCUT2D eigenvalue weighted by Gasteiger charge is 2.47. The van der Waals surface area contributed by atoms with Gasteiger partial charge in [0.05, 0.1) is 14.2 Å². The second-order valence-electron chi connectivity index (χ2n) is 6.03. The molecule has 0 saturated heterocycles. The van der Waals surface area contributed by atoms with Crippen LogP contribution in [-0.2, 0) is 19.1 Å². The van der Waals surface area contributed by atoms with Crippen LogP contribution >= 0.6 is 0 Å². The first kappa shape index (κ1) is 18.1. The SMILES string of the molecule is C#CCC(CC=C=CC1(C)CCCC1)(C(=O)OC)C(=O)OC. The highest BCUT2D eigenvalue weighted by atomic mass is 16.5. The fourth-order valence-electron chi connectivity index (χ4n) is 2.85. The number of ether oxygens (including phenoxy) is 2. The van der Waals surface area contributed by atoms with E-state index >= 15 is 0 Å². The van der Waals surface area contributed by atoms with E-state index < -0.39 is 17.4 Å². The largest absolute Gasteiger partial charge is 0.468 e. The minimum absolute atomic E-state index is 0.0677. The van der Waals surface area contributed by atoms with Crippen LogP contribution in [0.1, 0.15) is 45.4 Å². The van der Waals surface area contributed by atoms with Crippen molar-refractivity contribution in [1.29, 1.82) is 0 Å². The van der Waals surface area contributed by atoms with Gasteiger partial charge in [-0.3, -0.25) is 9.59 Å². The second kappa shape index (κ2) is 7.87. The van der Waals surface area contributed by atoms with Crippen molar-refractivity contribution >= 4 is 11.9 Å². The quantitative estimate of drug-likeness (QED) is 0.327. The molecule has 22 heavy (non-hydrogen) atoms. The highest BCUT2D eigenvalue weighted by Crippen LogP contribution is 2.38. The van der Waals surface area contributed by atoms with Crippen LogP contribution in [0.25, 0.3) is 0 Å². The van der Waals surface area contributed by atoms with Gasteiger partial charge < -0.3 is 9.47 Å². The standard InChI is InChI=1S/C18H24O4/c1-5-10-18(15(19)21-3,16(20)22-4)14-9-8-13-17(2)11-6-7-12-17/h1,9,13H,6-7,10-12,14H2,2-4H3. The van der Waals surface area contributed by atoms with E-state index in [0.29, 0.717) is 0 Å². The van der Waals surface area contributed by atoms with Crippen molar-refractivity contribution in [1.82, 2.24) is 0 Å². The number of esters is 2. The zero-order valence-corrected chi connectivity index (χ0v) is 13.6. The number of allylic oxidation sites excluding steroid dienone is 1. The number of rotatable bonds is 6. The van der Waals surface area contributed by atoms with E-state index in [2.05, 4.69) is 18.6 Å². The summed E-state index contributed by atoms with van der Waals surface area (Å²) in [6.07, 6.45) is 13.8. The van der Waals surface area contributed by atoms with Gasteiger partial charge in [0.2, 0.25) is 0 Å². The molecule has 0 bridgehead atoms. The van der Waals surface area contributed by atoms with Gasteiger partial charge in [-0.25, -0.2) is 0 Å². The molecule has 0 aromatic rings. The minimum Gasteiger partial charge on any atom is -0.468 e. The van der Waals surface area contributed by atoms with E-state index in [9.17, 15) is 9.59 Å². The summed E-state index contributed by atoms with van der Waals surface area (Å²) in [5.74, 6) is 1.01. The summed E-state index contributed by atoms with van der Waals surface area (Å²) < 4.78 is 9.50. The topological polar surface area (TPSA) is 52.6 Å². The third-order valence-electron chi connectivity index (χ3n) is 4.30. The monoisotopic (exact) mass is 304 g/mol. The molecule has 0 unspecified atom stereocenters. The number of methoxy groups -OCH3 is 2. The first-order valence-electron chi connectivity index (χ1n) is 7.46. The Morgan fingerprint density at radius 1 is 1.23 bits per heavy atom. The highest BCUT2D eigenvalue weighted by molar-refractivity contribution is 6.00. The maximum Gasteiger partial charge on any atom is 0.324 e. The first-order valence-corrected chi connectivity index (χ1v) is 7.46. The van der Waals surface area contributed by atoms with Crippen molar-refractivity contribution in [2.45, 2.75) is 45.4 Å². The molecule has 1 aliphatic rings. The van der Waals surface area contributed by atoms with Crippen LogP contribution in [0.15, 0.2) is 17.9 Å². The van der Waals surface area contributed by atoms with Crippen LogP contribution in [0.4, 0.5) is 0 Å². The molecule has 0 spiro atoms. The van der Waals surface area contributed by atoms with Gasteiger partial charge in [0.1, 0.15) is 0 Å². The third kappa shape index (κ3) is 4.02. The molecule has 4 nitrogen and oxygen atoms in total. The van der Waals surface area contributed by atoms with E-state index in [4.69, 9.17) is 15.9 Å². The van der Waals surface area contributed by atoms with Gasteiger partial charge >= 0.3 is 11.9 Å². The van der Waals surface area contributed by atoms with Crippen LogP contribution in [-0.4, -0.2) is 26.2 Å². The van der Waals surface area contributed by atoms with Crippen LogP contribution in [0.5, 0.6) is 0 Å². The average Bonchev–Trinajstić information content (AvgIpc) is 2.95. The molecule has 0 N–H and O–H groups in total. The first-order chi connectivity index (χ1) is 10.4. The van der Waals surface area contributed by atoms with Crippen LogP contribution < -0.4 is 0 Å². The van der Waals surface area contributed by atoms with Crippen molar-refractivity contribution in [3.05, 3.63) is 17.9 Å². The lowest BCUT2D eigenvalue weighted by atomic mass is 9.81. The molecular weight excluding hydrogens is 280 g/mol. The third-order valence-corrected chi connectivity index (χ3v) is 4.30. The van der Waals surface area contributed by atoms with E-state index in [-0.39, 0.29) is 18.3 Å². The summed E-state index contributed by atoms with van der Waals surface area (Å²) in [5.41, 5.74) is 1.77. The van der Waals surface area contributed by atoms with Crippen molar-refractivity contribution in [3.8, 4) is 12.3 Å². The summed E-state index contributed by atoms with van der Waals surface area (Å²) in [5, 5.41) is 0. The number of hydrogen-bond donors (Lipinski definition) is 0. The Labute approximate surface area is 132 Å². The molecule has 120 valence electrons. The van der Waals surface area contributed by atoms with Gasteiger partial charge in [0, 0.05) is 12.8 Å². The second-order valence-corrected chi connectivity index (χ2v) is 6.03. The lowest BCUT2D eigenvalue weighted by Gasteiger charge is -2.24. The Morgan fingerprint density at radius 2 is 1.77 bits per heavy atom. The molecule has 0 heterocycles. The van der Waals surface area contributed by atoms with Gasteiger partial charge in [0.25, 0.3) is 0 Å². The molecule has 0 aromatic heterocycles. The molecule has 0 amide bonds. The van der Waals surface area contributed by atoms with E-state index in [1.165, 1.54) is 27.1 Å². The number of hydrogen-bond acceptors (Lipinski definition) is 4. The Balaban J connectivity index is 2.97. The molecular formula is C18H24O4. The van der Waals surface area contributed by atoms with Crippen LogP contribution in [0.3, 0.4) is 0 Å². The van der Waals surface area contributed by atoms with Gasteiger partial charge in [-0.05, 0) is 30.4 Å². The lowest BCUT2D eigenvalue weighted by Crippen LogP contribution is -2.40. The maximum atomic E-state index is 12.1. The van der Waals surface area contributed by atoms with E-state index in [1.807, 2.05) is 6.08 Å². The molecule has 1 aliphatic carbocycles. The van der Waals surface area contributed by atoms with Crippen LogP contribution in [0.2, 0.25) is 0 Å². The van der Waals surface area contributed by atoms with Crippen molar-refractivity contribution in [2.24, 2.45) is 10.8 Å². The normalized spacial score (nSPS) is 16.1. The van der Waals surface area contributed by atoms with Gasteiger partial charge in [0.15, 0.2) is 5.41 Å². The molecule has 1 saturated carbocycles. The minimum atomic E-state index is -1.49. The Morgan fingerprint density at radius 3 is 2.23 bits per heavy atom. The Kier molecular flexibility index (Phi) is 6.46. The average molecular weight is 304 g/mol. The molecule has 1 rings (SSSR count). The molecule has 0 radical (unpaired) electrons. The van der Waals surface area contributed by atoms with Gasteiger partial charge in [-0.1, -0.05) is 19.8 Å². The van der Waals surface area contributed by atoms with Crippen LogP contribution in [0, 0.1) is 23.2 Å². The Hall–Kier alpha value is -1.98. The van der Waals surface area contributed by atoms with E-state index in [0.717, 1.165) is 12.8 Å². The zero-order valence-electron chi connectivity index (χ0n) is 13.6. The molecule has 4 heteroatoms. The summed E-state index contributed by atoms with van der Waals surface area (Å²) in [6, 6.07) is 0. The molecule has 0 aliphatic heterocycles. The summed E-state index contributed by atoms with van der Waals surface area (Å²) >= 11 is 0. The smallest absolute Gasteiger partial charge is 0.324 e. The summed E-state index contributed by atoms with van der Waals surface area (Å²) in [6.45, 7) is 2.19. The fraction of sp³-hybridized carbons (Fsp3) is 0.611.